The summed E-state index contributed by atoms with van der Waals surface area (Å²) in [5.41, 5.74) is 4.25. The summed E-state index contributed by atoms with van der Waals surface area (Å²) in [5.74, 6) is 3.54. The first-order chi connectivity index (χ1) is 21.2. The van der Waals surface area contributed by atoms with Gasteiger partial charge in [-0.1, -0.05) is 37.1 Å². The molecule has 0 spiro atoms. The second kappa shape index (κ2) is 12.3. The summed E-state index contributed by atoms with van der Waals surface area (Å²) < 4.78 is 11.5. The molecule has 0 bridgehead atoms. The lowest BCUT2D eigenvalue weighted by Crippen LogP contribution is -2.33. The molecule has 1 unspecified atom stereocenters. The van der Waals surface area contributed by atoms with Gasteiger partial charge in [0.25, 0.3) is 0 Å². The van der Waals surface area contributed by atoms with E-state index in [0.29, 0.717) is 0 Å². The summed E-state index contributed by atoms with van der Waals surface area (Å²) in [6, 6.07) is 17.1. The van der Waals surface area contributed by atoms with Crippen molar-refractivity contribution in [2.24, 2.45) is 10.9 Å². The molecule has 43 heavy (non-hydrogen) atoms. The number of methoxy groups -OCH3 is 2. The Morgan fingerprint density at radius 3 is 1.95 bits per heavy atom. The van der Waals surface area contributed by atoms with Gasteiger partial charge in [-0.2, -0.15) is 0 Å². The van der Waals surface area contributed by atoms with Crippen molar-refractivity contribution in [3.8, 4) is 11.5 Å². The monoisotopic (exact) mass is 578 g/mol. The molecule has 2 aromatic heterocycles. The number of rotatable bonds is 8. The van der Waals surface area contributed by atoms with Gasteiger partial charge in [0.05, 0.1) is 19.9 Å². The molecule has 0 radical (unpaired) electrons. The molecule has 3 aliphatic rings. The molecular weight excluding hydrogens is 536 g/mol. The van der Waals surface area contributed by atoms with Crippen LogP contribution in [-0.4, -0.2) is 62.6 Å². The summed E-state index contributed by atoms with van der Waals surface area (Å²) in [6.45, 7) is 4.29. The average molecular weight is 579 g/mol. The van der Waals surface area contributed by atoms with Crippen LogP contribution < -0.4 is 24.6 Å². The van der Waals surface area contributed by atoms with Crippen LogP contribution in [0.5, 0.6) is 11.5 Å². The first-order valence-corrected chi connectivity index (χ1v) is 16.0. The number of benzene rings is 2. The number of nitrogens with one attached hydrogen (secondary N) is 1. The van der Waals surface area contributed by atoms with Crippen LogP contribution in [0.2, 0.25) is 0 Å². The number of para-hydroxylation sites is 2. The van der Waals surface area contributed by atoms with E-state index in [0.717, 1.165) is 84.0 Å². The quantitative estimate of drug-likeness (QED) is 0.219. The van der Waals surface area contributed by atoms with Crippen LogP contribution in [0.4, 0.5) is 23.0 Å². The van der Waals surface area contributed by atoms with Crippen LogP contribution in [0, 0.1) is 5.92 Å². The normalized spacial score (nSPS) is 20.9. The number of hydrogen-bond acceptors (Lipinski definition) is 8. The van der Waals surface area contributed by atoms with Gasteiger partial charge < -0.3 is 24.6 Å². The highest BCUT2D eigenvalue weighted by Gasteiger charge is 2.26. The highest BCUT2D eigenvalue weighted by molar-refractivity contribution is 5.98. The highest BCUT2D eigenvalue weighted by Crippen LogP contribution is 2.38. The molecule has 0 amide bonds. The van der Waals surface area contributed by atoms with Gasteiger partial charge in [-0.3, -0.25) is 0 Å². The molecule has 4 heterocycles. The maximum absolute atomic E-state index is 5.74. The fraction of sp³-hybridized carbons (Fsp3) is 0.457. The van der Waals surface area contributed by atoms with Gasteiger partial charge >= 0.3 is 0 Å². The smallest absolute Gasteiger partial charge is 0.154 e. The van der Waals surface area contributed by atoms with Crippen molar-refractivity contribution in [2.75, 3.05) is 55.5 Å². The molecule has 2 aromatic carbocycles. The zero-order valence-electron chi connectivity index (χ0n) is 25.4. The summed E-state index contributed by atoms with van der Waals surface area (Å²) in [5, 5.41) is 6.13. The molecule has 8 nitrogen and oxygen atoms in total. The van der Waals surface area contributed by atoms with E-state index in [1.165, 1.54) is 49.9 Å². The number of aromatic nitrogens is 2. The molecule has 2 aliphatic heterocycles. The number of fused-ring (bicyclic) bond motifs is 2. The highest BCUT2D eigenvalue weighted by atomic mass is 16.5. The van der Waals surface area contributed by atoms with E-state index in [1.807, 2.05) is 12.1 Å². The molecule has 1 saturated carbocycles. The number of hydrogen-bond donors (Lipinski definition) is 1. The molecular formula is C35H42N6O2. The Bertz CT molecular complexity index is 1630. The van der Waals surface area contributed by atoms with Crippen LogP contribution in [-0.2, 0) is 0 Å². The standard InChI is InChI=1S/C35H42N6O2/c1-42-30-15-9-12-25-28(40-17-5-6-18-40)21-32(38-34(25)30)36-23-24-11-3-4-14-27(24)37-33-22-29(41-19-7-8-20-41)26-13-10-16-31(43-2)35(26)39-33/h9-10,12-13,15-16,21-24,27H,3-8,11,14,17-20H2,1-2H3,(H,37,39)/t24?,27-/m1/s1. The number of pyridine rings is 2. The van der Waals surface area contributed by atoms with E-state index in [2.05, 4.69) is 57.7 Å². The number of nitrogens with zero attached hydrogens (tertiary/aromatic N) is 5. The van der Waals surface area contributed by atoms with Crippen LogP contribution in [0.1, 0.15) is 51.4 Å². The van der Waals surface area contributed by atoms with Crippen molar-refractivity contribution in [2.45, 2.75) is 57.4 Å². The molecule has 7 rings (SSSR count). The molecule has 2 atom stereocenters. The molecule has 3 fully saturated rings. The van der Waals surface area contributed by atoms with Crippen molar-refractivity contribution < 1.29 is 9.47 Å². The van der Waals surface area contributed by atoms with Gasteiger partial charge in [0.1, 0.15) is 28.4 Å². The minimum atomic E-state index is 0.247. The van der Waals surface area contributed by atoms with Crippen LogP contribution in [0.3, 0.4) is 0 Å². The van der Waals surface area contributed by atoms with Crippen molar-refractivity contribution >= 4 is 51.0 Å². The SMILES string of the molecule is COc1cccc2c(N3CCCC3)cc(N=CC3CCCC[C@H]3Nc3cc(N4CCCC4)c4cccc(OC)c4n3)nc12. The van der Waals surface area contributed by atoms with E-state index in [9.17, 15) is 0 Å². The Balaban J connectivity index is 1.20. The molecule has 8 heteroatoms. The topological polar surface area (TPSA) is 75.1 Å². The van der Waals surface area contributed by atoms with Gasteiger partial charge in [0, 0.05) is 72.9 Å². The van der Waals surface area contributed by atoms with Crippen molar-refractivity contribution in [1.29, 1.82) is 0 Å². The van der Waals surface area contributed by atoms with Gasteiger partial charge in [-0.05, 0) is 50.7 Å². The van der Waals surface area contributed by atoms with Crippen molar-refractivity contribution in [1.82, 2.24) is 9.97 Å². The molecule has 224 valence electrons. The zero-order chi connectivity index (χ0) is 29.2. The van der Waals surface area contributed by atoms with E-state index in [1.54, 1.807) is 14.2 Å². The minimum absolute atomic E-state index is 0.247. The van der Waals surface area contributed by atoms with Gasteiger partial charge in [0.2, 0.25) is 0 Å². The lowest BCUT2D eigenvalue weighted by Gasteiger charge is -2.31. The van der Waals surface area contributed by atoms with E-state index in [-0.39, 0.29) is 12.0 Å². The molecule has 1 aliphatic carbocycles. The fourth-order valence-electron chi connectivity index (χ4n) is 7.18. The first-order valence-electron chi connectivity index (χ1n) is 16.0. The zero-order valence-corrected chi connectivity index (χ0v) is 25.4. The van der Waals surface area contributed by atoms with Gasteiger partial charge in [0.15, 0.2) is 5.82 Å². The summed E-state index contributed by atoms with van der Waals surface area (Å²) in [6.07, 6.45) is 11.6. The third-order valence-corrected chi connectivity index (χ3v) is 9.43. The van der Waals surface area contributed by atoms with E-state index < -0.39 is 0 Å². The van der Waals surface area contributed by atoms with E-state index in [4.69, 9.17) is 24.4 Å². The third-order valence-electron chi connectivity index (χ3n) is 9.43. The number of ether oxygens (including phenoxy) is 2. The Kier molecular flexibility index (Phi) is 7.92. The van der Waals surface area contributed by atoms with Crippen LogP contribution in [0.15, 0.2) is 53.5 Å². The minimum Gasteiger partial charge on any atom is -0.494 e. The van der Waals surface area contributed by atoms with Gasteiger partial charge in [-0.25, -0.2) is 15.0 Å². The van der Waals surface area contributed by atoms with Crippen LogP contribution >= 0.6 is 0 Å². The second-order valence-electron chi connectivity index (χ2n) is 12.1. The Morgan fingerprint density at radius 1 is 0.744 bits per heavy atom. The Labute approximate surface area is 254 Å². The number of aliphatic imine (C=N–C) groups is 1. The molecule has 1 N–H and O–H groups in total. The Hall–Kier alpha value is -4.07. The second-order valence-corrected chi connectivity index (χ2v) is 12.1. The van der Waals surface area contributed by atoms with E-state index >= 15 is 0 Å². The molecule has 2 saturated heterocycles. The largest absolute Gasteiger partial charge is 0.494 e. The Morgan fingerprint density at radius 2 is 1.33 bits per heavy atom. The van der Waals surface area contributed by atoms with Crippen molar-refractivity contribution in [3.63, 3.8) is 0 Å². The maximum Gasteiger partial charge on any atom is 0.154 e. The average Bonchev–Trinajstić information content (AvgIpc) is 3.79. The van der Waals surface area contributed by atoms with Gasteiger partial charge in [-0.15, -0.1) is 0 Å². The summed E-state index contributed by atoms with van der Waals surface area (Å²) >= 11 is 0. The predicted molar refractivity (Wildman–Crippen MR) is 177 cm³/mol. The number of anilines is 3. The third kappa shape index (κ3) is 5.55. The summed E-state index contributed by atoms with van der Waals surface area (Å²) in [7, 11) is 3.44. The maximum atomic E-state index is 5.74. The van der Waals surface area contributed by atoms with Crippen LogP contribution in [0.25, 0.3) is 21.8 Å². The lowest BCUT2D eigenvalue weighted by molar-refractivity contribution is 0.405. The fourth-order valence-corrected chi connectivity index (χ4v) is 7.18. The predicted octanol–water partition coefficient (Wildman–Crippen LogP) is 7.37. The van der Waals surface area contributed by atoms with Crippen molar-refractivity contribution in [3.05, 3.63) is 48.5 Å². The first kappa shape index (κ1) is 27.7. The lowest BCUT2D eigenvalue weighted by atomic mass is 9.85. The molecule has 4 aromatic rings. The summed E-state index contributed by atoms with van der Waals surface area (Å²) in [4.78, 5) is 20.1.